The SMILES string of the molecule is CC(C)(C)NCCOCCn1ccc(C(C)(C)C)c1. The quantitative estimate of drug-likeness (QED) is 0.800. The Morgan fingerprint density at radius 1 is 1.11 bits per heavy atom. The molecule has 0 aliphatic rings. The maximum atomic E-state index is 5.64. The van der Waals surface area contributed by atoms with Crippen molar-refractivity contribution in [2.24, 2.45) is 0 Å². The molecular weight excluding hydrogens is 236 g/mol. The highest BCUT2D eigenvalue weighted by molar-refractivity contribution is 5.19. The molecule has 0 amide bonds. The van der Waals surface area contributed by atoms with E-state index in [-0.39, 0.29) is 11.0 Å². The molecule has 19 heavy (non-hydrogen) atoms. The van der Waals surface area contributed by atoms with Gasteiger partial charge in [-0.15, -0.1) is 0 Å². The molecule has 0 aliphatic carbocycles. The minimum absolute atomic E-state index is 0.172. The van der Waals surface area contributed by atoms with Crippen molar-refractivity contribution < 1.29 is 4.74 Å². The first-order chi connectivity index (χ1) is 8.68. The minimum atomic E-state index is 0.172. The molecule has 3 heteroatoms. The van der Waals surface area contributed by atoms with E-state index in [1.807, 2.05) is 0 Å². The Kier molecular flexibility index (Phi) is 5.63. The van der Waals surface area contributed by atoms with E-state index < -0.39 is 0 Å². The van der Waals surface area contributed by atoms with Crippen LogP contribution in [0.1, 0.15) is 47.1 Å². The molecule has 0 fully saturated rings. The molecule has 0 radical (unpaired) electrons. The third-order valence-corrected chi connectivity index (χ3v) is 3.01. The minimum Gasteiger partial charge on any atom is -0.378 e. The second-order valence-electron chi connectivity index (χ2n) is 7.18. The van der Waals surface area contributed by atoms with E-state index in [0.717, 1.165) is 26.3 Å². The van der Waals surface area contributed by atoms with Crippen molar-refractivity contribution in [2.45, 2.75) is 59.0 Å². The molecule has 1 rings (SSSR count). The summed E-state index contributed by atoms with van der Waals surface area (Å²) in [5.41, 5.74) is 1.77. The number of hydrogen-bond donors (Lipinski definition) is 1. The Labute approximate surface area is 118 Å². The van der Waals surface area contributed by atoms with Crippen LogP contribution in [-0.2, 0) is 16.7 Å². The van der Waals surface area contributed by atoms with Crippen LogP contribution in [0.25, 0.3) is 0 Å². The van der Waals surface area contributed by atoms with Gasteiger partial charge in [-0.05, 0) is 37.8 Å². The number of hydrogen-bond acceptors (Lipinski definition) is 2. The average Bonchev–Trinajstić information content (AvgIpc) is 2.69. The zero-order valence-corrected chi connectivity index (χ0v) is 13.4. The van der Waals surface area contributed by atoms with Gasteiger partial charge in [-0.25, -0.2) is 0 Å². The summed E-state index contributed by atoms with van der Waals surface area (Å²) in [6.07, 6.45) is 4.36. The van der Waals surface area contributed by atoms with Crippen LogP contribution in [0.5, 0.6) is 0 Å². The lowest BCUT2D eigenvalue weighted by molar-refractivity contribution is 0.123. The Hall–Kier alpha value is -0.800. The van der Waals surface area contributed by atoms with Crippen molar-refractivity contribution in [1.82, 2.24) is 9.88 Å². The summed E-state index contributed by atoms with van der Waals surface area (Å²) >= 11 is 0. The van der Waals surface area contributed by atoms with Crippen molar-refractivity contribution in [3.05, 3.63) is 24.0 Å². The van der Waals surface area contributed by atoms with Gasteiger partial charge in [-0.3, -0.25) is 0 Å². The molecule has 0 unspecified atom stereocenters. The lowest BCUT2D eigenvalue weighted by Gasteiger charge is -2.20. The van der Waals surface area contributed by atoms with Gasteiger partial charge in [0, 0.05) is 31.0 Å². The van der Waals surface area contributed by atoms with Crippen LogP contribution in [0.3, 0.4) is 0 Å². The number of rotatable bonds is 6. The molecule has 1 heterocycles. The van der Waals surface area contributed by atoms with Crippen LogP contribution in [0.15, 0.2) is 18.5 Å². The van der Waals surface area contributed by atoms with E-state index in [9.17, 15) is 0 Å². The maximum absolute atomic E-state index is 5.64. The van der Waals surface area contributed by atoms with Crippen LogP contribution in [0.4, 0.5) is 0 Å². The third kappa shape index (κ3) is 6.79. The van der Waals surface area contributed by atoms with E-state index in [1.165, 1.54) is 5.56 Å². The van der Waals surface area contributed by atoms with Crippen LogP contribution in [0, 0.1) is 0 Å². The Bertz CT molecular complexity index is 369. The van der Waals surface area contributed by atoms with Crippen LogP contribution in [0.2, 0.25) is 0 Å². The topological polar surface area (TPSA) is 26.2 Å². The molecule has 0 bridgehead atoms. The molecule has 0 saturated carbocycles. The van der Waals surface area contributed by atoms with Gasteiger partial charge < -0.3 is 14.6 Å². The highest BCUT2D eigenvalue weighted by atomic mass is 16.5. The monoisotopic (exact) mass is 266 g/mol. The van der Waals surface area contributed by atoms with Crippen LogP contribution in [-0.4, -0.2) is 29.9 Å². The number of ether oxygens (including phenoxy) is 1. The molecule has 1 N–H and O–H groups in total. The Morgan fingerprint density at radius 3 is 2.32 bits per heavy atom. The molecule has 1 aromatic rings. The normalized spacial score (nSPS) is 12.9. The summed E-state index contributed by atoms with van der Waals surface area (Å²) in [5, 5.41) is 3.41. The van der Waals surface area contributed by atoms with Gasteiger partial charge in [-0.1, -0.05) is 20.8 Å². The van der Waals surface area contributed by atoms with Crippen molar-refractivity contribution >= 4 is 0 Å². The van der Waals surface area contributed by atoms with Crippen molar-refractivity contribution in [3.8, 4) is 0 Å². The van der Waals surface area contributed by atoms with E-state index >= 15 is 0 Å². The number of nitrogens with one attached hydrogen (secondary N) is 1. The summed E-state index contributed by atoms with van der Waals surface area (Å²) < 4.78 is 7.85. The van der Waals surface area contributed by atoms with Gasteiger partial charge in [0.1, 0.15) is 0 Å². The molecule has 0 atom stereocenters. The van der Waals surface area contributed by atoms with Crippen molar-refractivity contribution in [2.75, 3.05) is 19.8 Å². The maximum Gasteiger partial charge on any atom is 0.0646 e. The predicted molar refractivity (Wildman–Crippen MR) is 81.7 cm³/mol. The molecular formula is C16H30N2O. The Morgan fingerprint density at radius 2 is 1.79 bits per heavy atom. The van der Waals surface area contributed by atoms with E-state index in [4.69, 9.17) is 4.74 Å². The highest BCUT2D eigenvalue weighted by Gasteiger charge is 2.14. The molecule has 0 aliphatic heterocycles. The van der Waals surface area contributed by atoms with E-state index in [2.05, 4.69) is 69.9 Å². The average molecular weight is 266 g/mol. The molecule has 1 aromatic heterocycles. The van der Waals surface area contributed by atoms with Crippen LogP contribution >= 0.6 is 0 Å². The van der Waals surface area contributed by atoms with Crippen LogP contribution < -0.4 is 5.32 Å². The first kappa shape index (κ1) is 16.3. The fourth-order valence-electron chi connectivity index (χ4n) is 1.79. The second kappa shape index (κ2) is 6.58. The standard InChI is InChI=1S/C16H30N2O/c1-15(2,3)14-7-9-18(13-14)10-12-19-11-8-17-16(4,5)6/h7,9,13,17H,8,10-12H2,1-6H3. The van der Waals surface area contributed by atoms with Gasteiger partial charge >= 0.3 is 0 Å². The lowest BCUT2D eigenvalue weighted by Crippen LogP contribution is -2.38. The second-order valence-corrected chi connectivity index (χ2v) is 7.18. The highest BCUT2D eigenvalue weighted by Crippen LogP contribution is 2.21. The first-order valence-corrected chi connectivity index (χ1v) is 7.17. The summed E-state index contributed by atoms with van der Waals surface area (Å²) in [5.74, 6) is 0. The van der Waals surface area contributed by atoms with Crippen molar-refractivity contribution in [3.63, 3.8) is 0 Å². The summed E-state index contributed by atoms with van der Waals surface area (Å²) in [6, 6.07) is 2.20. The molecule has 110 valence electrons. The smallest absolute Gasteiger partial charge is 0.0646 e. The van der Waals surface area contributed by atoms with Gasteiger partial charge in [-0.2, -0.15) is 0 Å². The summed E-state index contributed by atoms with van der Waals surface area (Å²) in [4.78, 5) is 0. The molecule has 3 nitrogen and oxygen atoms in total. The van der Waals surface area contributed by atoms with E-state index in [0.29, 0.717) is 0 Å². The lowest BCUT2D eigenvalue weighted by atomic mass is 9.89. The molecule has 0 aromatic carbocycles. The number of aromatic nitrogens is 1. The molecule has 0 spiro atoms. The van der Waals surface area contributed by atoms with Gasteiger partial charge in [0.2, 0.25) is 0 Å². The predicted octanol–water partition coefficient (Wildman–Crippen LogP) is 3.19. The van der Waals surface area contributed by atoms with Gasteiger partial charge in [0.25, 0.3) is 0 Å². The zero-order chi connectivity index (χ0) is 14.5. The van der Waals surface area contributed by atoms with Gasteiger partial charge in [0.05, 0.1) is 13.2 Å². The third-order valence-electron chi connectivity index (χ3n) is 3.01. The van der Waals surface area contributed by atoms with Gasteiger partial charge in [0.15, 0.2) is 0 Å². The molecule has 0 saturated heterocycles. The summed E-state index contributed by atoms with van der Waals surface area (Å²) in [7, 11) is 0. The number of nitrogens with zero attached hydrogens (tertiary/aromatic N) is 1. The largest absolute Gasteiger partial charge is 0.378 e. The van der Waals surface area contributed by atoms with E-state index in [1.54, 1.807) is 0 Å². The fraction of sp³-hybridized carbons (Fsp3) is 0.750. The van der Waals surface area contributed by atoms with Crippen molar-refractivity contribution in [1.29, 1.82) is 0 Å². The fourth-order valence-corrected chi connectivity index (χ4v) is 1.79. The first-order valence-electron chi connectivity index (χ1n) is 7.17. The summed E-state index contributed by atoms with van der Waals surface area (Å²) in [6.45, 7) is 16.6. The zero-order valence-electron chi connectivity index (χ0n) is 13.4. The Balaban J connectivity index is 2.18.